The van der Waals surface area contributed by atoms with Gasteiger partial charge >= 0.3 is 6.98 Å². The molecule has 0 saturated heterocycles. The van der Waals surface area contributed by atoms with Gasteiger partial charge in [-0.2, -0.15) is 0 Å². The van der Waals surface area contributed by atoms with E-state index in [0.29, 0.717) is 4.47 Å². The quantitative estimate of drug-likeness (QED) is 0.485. The molecule has 0 atom stereocenters. The van der Waals surface area contributed by atoms with Crippen LogP contribution in [-0.2, 0) is 6.32 Å². The molecule has 0 spiro atoms. The van der Waals surface area contributed by atoms with Crippen LogP contribution in [0.25, 0.3) is 0 Å². The number of hydrogen-bond donors (Lipinski definition) is 0. The zero-order valence-corrected chi connectivity index (χ0v) is 8.88. The molecule has 15 heavy (non-hydrogen) atoms. The van der Waals surface area contributed by atoms with Gasteiger partial charge in [0.15, 0.2) is 0 Å². The number of nitrogens with zero attached hydrogens (tertiary/aromatic N) is 1. The standard InChI is InChI=1S/C7H5BBrF3NO2/c9-6-2-1-5(4-8(10,11)12)7(3-6)13(14)15/h1-3H,4H2/q-1. The Morgan fingerprint density at radius 2 is 2.00 bits per heavy atom. The van der Waals surface area contributed by atoms with Crippen molar-refractivity contribution in [3.05, 3.63) is 38.3 Å². The van der Waals surface area contributed by atoms with Crippen LogP contribution in [0, 0.1) is 10.1 Å². The average Bonchev–Trinajstić information content (AvgIpc) is 2.05. The van der Waals surface area contributed by atoms with E-state index in [-0.39, 0.29) is 5.56 Å². The highest BCUT2D eigenvalue weighted by molar-refractivity contribution is 9.10. The minimum Gasteiger partial charge on any atom is -0.449 e. The number of halogens is 4. The molecule has 0 N–H and O–H groups in total. The van der Waals surface area contributed by atoms with Gasteiger partial charge in [-0.15, -0.1) is 0 Å². The van der Waals surface area contributed by atoms with Crippen LogP contribution < -0.4 is 0 Å². The van der Waals surface area contributed by atoms with Gasteiger partial charge in [0, 0.05) is 16.1 Å². The molecule has 0 aliphatic carbocycles. The molecule has 1 rings (SSSR count). The molecule has 3 nitrogen and oxygen atoms in total. The van der Waals surface area contributed by atoms with Crippen molar-refractivity contribution in [2.75, 3.05) is 0 Å². The van der Waals surface area contributed by atoms with Gasteiger partial charge in [-0.1, -0.05) is 28.3 Å². The summed E-state index contributed by atoms with van der Waals surface area (Å²) in [6, 6.07) is 3.53. The van der Waals surface area contributed by atoms with E-state index in [1.807, 2.05) is 0 Å². The number of rotatable bonds is 3. The Morgan fingerprint density at radius 3 is 2.47 bits per heavy atom. The van der Waals surface area contributed by atoms with Gasteiger partial charge < -0.3 is 12.9 Å². The summed E-state index contributed by atoms with van der Waals surface area (Å²) in [7, 11) is 0. The summed E-state index contributed by atoms with van der Waals surface area (Å²) < 4.78 is 36.7. The van der Waals surface area contributed by atoms with Gasteiger partial charge in [0.1, 0.15) is 0 Å². The van der Waals surface area contributed by atoms with Crippen LogP contribution in [0.2, 0.25) is 0 Å². The first-order valence-corrected chi connectivity index (χ1v) is 4.73. The number of nitro benzene ring substituents is 1. The van der Waals surface area contributed by atoms with Gasteiger partial charge in [0.2, 0.25) is 0 Å². The Bertz CT molecular complexity index is 396. The maximum atomic E-state index is 12.1. The van der Waals surface area contributed by atoms with E-state index < -0.39 is 23.9 Å². The third kappa shape index (κ3) is 3.54. The highest BCUT2D eigenvalue weighted by atomic mass is 79.9. The molecule has 0 aliphatic heterocycles. The molecule has 0 radical (unpaired) electrons. The summed E-state index contributed by atoms with van der Waals surface area (Å²) in [6.45, 7) is -5.06. The van der Waals surface area contributed by atoms with Gasteiger partial charge in [0.05, 0.1) is 4.92 Å². The Morgan fingerprint density at radius 1 is 1.40 bits per heavy atom. The van der Waals surface area contributed by atoms with Gasteiger partial charge in [0.25, 0.3) is 5.69 Å². The van der Waals surface area contributed by atoms with Crippen LogP contribution in [0.1, 0.15) is 5.56 Å². The second kappa shape index (κ2) is 4.22. The van der Waals surface area contributed by atoms with E-state index in [4.69, 9.17) is 0 Å². The van der Waals surface area contributed by atoms with Gasteiger partial charge in [-0.05, 0) is 6.07 Å². The Hall–Kier alpha value is -1.05. The molecule has 8 heteroatoms. The Kier molecular flexibility index (Phi) is 3.38. The lowest BCUT2D eigenvalue weighted by atomic mass is 9.81. The van der Waals surface area contributed by atoms with Gasteiger partial charge in [-0.25, -0.2) is 0 Å². The number of hydrogen-bond acceptors (Lipinski definition) is 2. The average molecular weight is 283 g/mol. The van der Waals surface area contributed by atoms with Crippen molar-refractivity contribution in [1.29, 1.82) is 0 Å². The number of benzene rings is 1. The topological polar surface area (TPSA) is 43.1 Å². The lowest BCUT2D eigenvalue weighted by Gasteiger charge is -2.13. The summed E-state index contributed by atoms with van der Waals surface area (Å²) in [5.74, 6) is 0. The van der Waals surface area contributed by atoms with Crippen LogP contribution in [-0.4, -0.2) is 11.9 Å². The third-order valence-electron chi connectivity index (χ3n) is 1.70. The minimum absolute atomic E-state index is 0.310. The van der Waals surface area contributed by atoms with Crippen LogP contribution >= 0.6 is 15.9 Å². The molecule has 0 aliphatic rings. The van der Waals surface area contributed by atoms with E-state index >= 15 is 0 Å². The minimum atomic E-state index is -5.06. The summed E-state index contributed by atoms with van der Waals surface area (Å²) in [6.07, 6.45) is -1.23. The van der Waals surface area contributed by atoms with Crippen molar-refractivity contribution < 1.29 is 17.9 Å². The molecule has 0 amide bonds. The van der Waals surface area contributed by atoms with Crippen molar-refractivity contribution in [2.24, 2.45) is 0 Å². The second-order valence-corrected chi connectivity index (χ2v) is 3.86. The highest BCUT2D eigenvalue weighted by Gasteiger charge is 2.27. The molecule has 1 aromatic rings. The highest BCUT2D eigenvalue weighted by Crippen LogP contribution is 2.27. The van der Waals surface area contributed by atoms with E-state index in [0.717, 1.165) is 12.1 Å². The maximum absolute atomic E-state index is 12.1. The van der Waals surface area contributed by atoms with E-state index in [1.54, 1.807) is 0 Å². The molecule has 0 saturated carbocycles. The summed E-state index contributed by atoms with van der Waals surface area (Å²) in [4.78, 5) is 9.67. The summed E-state index contributed by atoms with van der Waals surface area (Å²) in [5, 5.41) is 10.5. The van der Waals surface area contributed by atoms with Crippen molar-refractivity contribution in [3.8, 4) is 0 Å². The molecular formula is C7H5BBrF3NO2-. The smallest absolute Gasteiger partial charge is 0.449 e. The normalized spacial score (nSPS) is 11.5. The van der Waals surface area contributed by atoms with Crippen LogP contribution in [0.3, 0.4) is 0 Å². The zero-order valence-electron chi connectivity index (χ0n) is 7.29. The lowest BCUT2D eigenvalue weighted by Crippen LogP contribution is -2.20. The molecule has 82 valence electrons. The fourth-order valence-corrected chi connectivity index (χ4v) is 1.48. The number of nitro groups is 1. The zero-order chi connectivity index (χ0) is 11.6. The van der Waals surface area contributed by atoms with E-state index in [1.165, 1.54) is 6.07 Å². The first-order valence-electron chi connectivity index (χ1n) is 3.93. The Balaban J connectivity index is 3.12. The first kappa shape index (κ1) is 12.0. The van der Waals surface area contributed by atoms with E-state index in [2.05, 4.69) is 15.9 Å². The Labute approximate surface area is 91.6 Å². The maximum Gasteiger partial charge on any atom is 0.482 e. The van der Waals surface area contributed by atoms with Crippen molar-refractivity contribution in [1.82, 2.24) is 0 Å². The molecule has 0 aromatic heterocycles. The van der Waals surface area contributed by atoms with Crippen LogP contribution in [0.4, 0.5) is 18.6 Å². The lowest BCUT2D eigenvalue weighted by molar-refractivity contribution is -0.385. The molecule has 0 bridgehead atoms. The van der Waals surface area contributed by atoms with Crippen molar-refractivity contribution >= 4 is 28.6 Å². The van der Waals surface area contributed by atoms with Crippen molar-refractivity contribution in [2.45, 2.75) is 6.32 Å². The fraction of sp³-hybridized carbons (Fsp3) is 0.143. The first-order chi connectivity index (χ1) is 6.79. The fourth-order valence-electron chi connectivity index (χ4n) is 1.13. The summed E-state index contributed by atoms with van der Waals surface area (Å²) >= 11 is 2.96. The van der Waals surface area contributed by atoms with Crippen molar-refractivity contribution in [3.63, 3.8) is 0 Å². The van der Waals surface area contributed by atoms with E-state index in [9.17, 15) is 23.1 Å². The molecule has 0 heterocycles. The van der Waals surface area contributed by atoms with Gasteiger partial charge in [-0.3, -0.25) is 10.1 Å². The predicted molar refractivity (Wildman–Crippen MR) is 53.6 cm³/mol. The van der Waals surface area contributed by atoms with Crippen LogP contribution in [0.5, 0.6) is 0 Å². The second-order valence-electron chi connectivity index (χ2n) is 2.94. The molecule has 1 aromatic carbocycles. The predicted octanol–water partition coefficient (Wildman–Crippen LogP) is 3.29. The molecular weight excluding hydrogens is 278 g/mol. The third-order valence-corrected chi connectivity index (χ3v) is 2.19. The monoisotopic (exact) mass is 282 g/mol. The van der Waals surface area contributed by atoms with Crippen LogP contribution in [0.15, 0.2) is 22.7 Å². The largest absolute Gasteiger partial charge is 0.482 e. The SMILES string of the molecule is O=[N+]([O-])c1cc(Br)ccc1C[B-](F)(F)F. The molecule has 0 unspecified atom stereocenters. The summed E-state index contributed by atoms with van der Waals surface area (Å²) in [5.41, 5.74) is -0.820. The molecule has 0 fully saturated rings.